The number of aliphatic hydroxyl groups is 3. The Balaban J connectivity index is 1.82. The van der Waals surface area contributed by atoms with E-state index in [1.807, 2.05) is 19.1 Å². The van der Waals surface area contributed by atoms with E-state index >= 15 is 0 Å². The summed E-state index contributed by atoms with van der Waals surface area (Å²) in [5, 5.41) is 46.4. The van der Waals surface area contributed by atoms with Gasteiger partial charge in [-0.2, -0.15) is 0 Å². The normalized spacial score (nSPS) is 28.1. The standard InChI is InChI=1S/C35H40O9/c1-9-18-12-19(13-23(43-7)30(18)44-8)20-10-11-22(37)25-21(20)14-33(5)15-34(6)26(16(2)3)28(38)24(17(4)36)31(40)35(34,42)32(41)27(33)29(25)39/h10-13,16,26,37,39-40,42H,9,14-15H2,1-8H3/t26?,33-,34-,35+/m1/s1. The highest BCUT2D eigenvalue weighted by atomic mass is 16.5. The summed E-state index contributed by atoms with van der Waals surface area (Å²) < 4.78 is 11.2. The number of aromatic hydroxyl groups is 1. The summed E-state index contributed by atoms with van der Waals surface area (Å²) in [6.07, 6.45) is 0.837. The van der Waals surface area contributed by atoms with Crippen LogP contribution in [0.1, 0.15) is 64.7 Å². The average Bonchev–Trinajstić information content (AvgIpc) is 2.93. The summed E-state index contributed by atoms with van der Waals surface area (Å²) in [6.45, 7) is 10.0. The number of hydrogen-bond donors (Lipinski definition) is 4. The van der Waals surface area contributed by atoms with Crippen LogP contribution >= 0.6 is 0 Å². The highest BCUT2D eigenvalue weighted by Crippen LogP contribution is 2.65. The lowest BCUT2D eigenvalue weighted by Crippen LogP contribution is -2.69. The van der Waals surface area contributed by atoms with Gasteiger partial charge in [-0.15, -0.1) is 0 Å². The summed E-state index contributed by atoms with van der Waals surface area (Å²) in [7, 11) is 3.11. The molecule has 0 aliphatic heterocycles. The molecule has 2 aromatic carbocycles. The first-order valence-corrected chi connectivity index (χ1v) is 14.8. The molecule has 1 saturated carbocycles. The topological polar surface area (TPSA) is 151 Å². The highest BCUT2D eigenvalue weighted by molar-refractivity contribution is 6.24. The lowest BCUT2D eigenvalue weighted by Gasteiger charge is -2.59. The fourth-order valence-electron chi connectivity index (χ4n) is 8.45. The molecule has 2 aromatic rings. The largest absolute Gasteiger partial charge is 0.508 e. The minimum Gasteiger partial charge on any atom is -0.508 e. The number of allylic oxidation sites excluding steroid dienone is 1. The molecule has 1 unspecified atom stereocenters. The quantitative estimate of drug-likeness (QED) is 0.316. The molecule has 1 fully saturated rings. The summed E-state index contributed by atoms with van der Waals surface area (Å²) in [5.41, 5.74) is -3.09. The Kier molecular flexibility index (Phi) is 7.28. The van der Waals surface area contributed by atoms with E-state index in [1.54, 1.807) is 48.0 Å². The lowest BCUT2D eigenvalue weighted by atomic mass is 9.43. The molecule has 0 saturated heterocycles. The molecule has 3 aliphatic carbocycles. The number of benzene rings is 2. The van der Waals surface area contributed by atoms with Crippen LogP contribution in [0.25, 0.3) is 16.9 Å². The Labute approximate surface area is 256 Å². The number of phenols is 1. The molecule has 3 aliphatic rings. The Morgan fingerprint density at radius 3 is 2.27 bits per heavy atom. The molecule has 234 valence electrons. The van der Waals surface area contributed by atoms with Gasteiger partial charge in [0, 0.05) is 22.3 Å². The number of carbonyl (C=O) groups excluding carboxylic acids is 3. The number of Topliss-reactive ketones (excluding diaryl/α,β-unsaturated/α-hetero) is 3. The van der Waals surface area contributed by atoms with Crippen LogP contribution in [-0.2, 0) is 27.2 Å². The van der Waals surface area contributed by atoms with Gasteiger partial charge in [0.2, 0.25) is 5.78 Å². The number of methoxy groups -OCH3 is 2. The van der Waals surface area contributed by atoms with Crippen LogP contribution in [0, 0.1) is 22.7 Å². The highest BCUT2D eigenvalue weighted by Gasteiger charge is 2.72. The van der Waals surface area contributed by atoms with Gasteiger partial charge >= 0.3 is 0 Å². The smallest absolute Gasteiger partial charge is 0.203 e. The van der Waals surface area contributed by atoms with Crippen molar-refractivity contribution < 1.29 is 44.3 Å². The van der Waals surface area contributed by atoms with E-state index in [-0.39, 0.29) is 29.7 Å². The molecule has 4 atom stereocenters. The Morgan fingerprint density at radius 2 is 1.73 bits per heavy atom. The van der Waals surface area contributed by atoms with Crippen LogP contribution in [0.4, 0.5) is 0 Å². The summed E-state index contributed by atoms with van der Waals surface area (Å²) >= 11 is 0. The minimum atomic E-state index is -2.65. The number of carbonyl (C=O) groups is 3. The van der Waals surface area contributed by atoms with Crippen molar-refractivity contribution in [2.45, 2.75) is 66.4 Å². The minimum absolute atomic E-state index is 0.0200. The van der Waals surface area contributed by atoms with Crippen LogP contribution < -0.4 is 9.47 Å². The van der Waals surface area contributed by atoms with Gasteiger partial charge in [-0.1, -0.05) is 40.7 Å². The van der Waals surface area contributed by atoms with E-state index in [1.165, 1.54) is 6.07 Å². The molecule has 5 rings (SSSR count). The molecule has 0 amide bonds. The van der Waals surface area contributed by atoms with Crippen LogP contribution in [-0.4, -0.2) is 57.6 Å². The number of aryl methyl sites for hydroxylation is 1. The number of phenolic OH excluding ortho intramolecular Hbond substituents is 1. The summed E-state index contributed by atoms with van der Waals surface area (Å²) in [5.74, 6) is -4.38. The Morgan fingerprint density at radius 1 is 1.07 bits per heavy atom. The fourth-order valence-corrected chi connectivity index (χ4v) is 8.45. The van der Waals surface area contributed by atoms with Crippen LogP contribution in [0.3, 0.4) is 0 Å². The average molecular weight is 605 g/mol. The second-order valence-electron chi connectivity index (χ2n) is 13.2. The predicted octanol–water partition coefficient (Wildman–Crippen LogP) is 5.44. The van der Waals surface area contributed by atoms with E-state index in [9.17, 15) is 34.8 Å². The second kappa shape index (κ2) is 10.2. The van der Waals surface area contributed by atoms with E-state index in [2.05, 4.69) is 0 Å². The zero-order valence-electron chi connectivity index (χ0n) is 26.4. The number of aliphatic hydroxyl groups excluding tert-OH is 2. The maximum Gasteiger partial charge on any atom is 0.203 e. The van der Waals surface area contributed by atoms with Crippen molar-refractivity contribution in [3.63, 3.8) is 0 Å². The SMILES string of the molecule is CCc1cc(-c2ccc(O)c3c2C[C@]2(C)C[C@]4(C)C(C(C)C)C(=O)C(C(C)=O)=C(O)[C@]4(O)C(=O)C2=C3O)cc(OC)c1OC. The monoisotopic (exact) mass is 604 g/mol. The maximum absolute atomic E-state index is 14.5. The molecule has 0 bridgehead atoms. The van der Waals surface area contributed by atoms with Gasteiger partial charge in [-0.25, -0.2) is 0 Å². The molecule has 0 heterocycles. The predicted molar refractivity (Wildman–Crippen MR) is 164 cm³/mol. The molecule has 44 heavy (non-hydrogen) atoms. The van der Waals surface area contributed by atoms with Crippen molar-refractivity contribution in [3.8, 4) is 28.4 Å². The number of ketones is 3. The lowest BCUT2D eigenvalue weighted by molar-refractivity contribution is -0.178. The van der Waals surface area contributed by atoms with Crippen molar-refractivity contribution in [1.82, 2.24) is 0 Å². The molecule has 0 spiro atoms. The fraction of sp³-hybridized carbons (Fsp3) is 0.457. The van der Waals surface area contributed by atoms with Crippen molar-refractivity contribution in [2.24, 2.45) is 22.7 Å². The van der Waals surface area contributed by atoms with E-state index < -0.39 is 62.7 Å². The molecular weight excluding hydrogens is 564 g/mol. The summed E-state index contributed by atoms with van der Waals surface area (Å²) in [4.78, 5) is 40.8. The van der Waals surface area contributed by atoms with Gasteiger partial charge in [0.05, 0.1) is 19.8 Å². The van der Waals surface area contributed by atoms with Crippen molar-refractivity contribution in [1.29, 1.82) is 0 Å². The first kappa shape index (κ1) is 31.3. The molecular formula is C35H40O9. The van der Waals surface area contributed by atoms with Gasteiger partial charge in [0.1, 0.15) is 22.8 Å². The van der Waals surface area contributed by atoms with E-state index in [0.717, 1.165) is 18.1 Å². The zero-order valence-corrected chi connectivity index (χ0v) is 26.4. The van der Waals surface area contributed by atoms with Gasteiger partial charge in [0.25, 0.3) is 0 Å². The third-order valence-electron chi connectivity index (χ3n) is 10.1. The maximum atomic E-state index is 14.5. The van der Waals surface area contributed by atoms with Crippen LogP contribution in [0.2, 0.25) is 0 Å². The number of rotatable bonds is 6. The first-order valence-electron chi connectivity index (χ1n) is 14.8. The van der Waals surface area contributed by atoms with Crippen LogP contribution in [0.15, 0.2) is 41.2 Å². The molecule has 9 nitrogen and oxygen atoms in total. The molecule has 0 radical (unpaired) electrons. The summed E-state index contributed by atoms with van der Waals surface area (Å²) in [6, 6.07) is 6.95. The van der Waals surface area contributed by atoms with Crippen molar-refractivity contribution in [3.05, 3.63) is 57.9 Å². The third kappa shape index (κ3) is 3.91. The van der Waals surface area contributed by atoms with Gasteiger partial charge in [0.15, 0.2) is 28.7 Å². The third-order valence-corrected chi connectivity index (χ3v) is 10.1. The number of hydrogen-bond acceptors (Lipinski definition) is 9. The van der Waals surface area contributed by atoms with Gasteiger partial charge in [-0.3, -0.25) is 14.4 Å². The number of fused-ring (bicyclic) bond motifs is 3. The number of ether oxygens (including phenoxy) is 2. The molecule has 4 N–H and O–H groups in total. The van der Waals surface area contributed by atoms with Crippen molar-refractivity contribution >= 4 is 23.1 Å². The second-order valence-corrected chi connectivity index (χ2v) is 13.2. The zero-order chi connectivity index (χ0) is 32.7. The van der Waals surface area contributed by atoms with Crippen molar-refractivity contribution in [2.75, 3.05) is 14.2 Å². The van der Waals surface area contributed by atoms with E-state index in [0.29, 0.717) is 29.0 Å². The van der Waals surface area contributed by atoms with Crippen LogP contribution in [0.5, 0.6) is 17.2 Å². The van der Waals surface area contributed by atoms with Gasteiger partial charge < -0.3 is 29.9 Å². The molecule has 0 aromatic heterocycles. The Hall–Kier alpha value is -4.11. The van der Waals surface area contributed by atoms with Gasteiger partial charge in [-0.05, 0) is 72.6 Å². The first-order chi connectivity index (χ1) is 20.5. The van der Waals surface area contributed by atoms with E-state index in [4.69, 9.17) is 9.47 Å². The molecule has 9 heteroatoms. The Bertz CT molecular complexity index is 1670.